The van der Waals surface area contributed by atoms with Crippen molar-refractivity contribution in [2.45, 2.75) is 25.8 Å². The molecule has 0 spiro atoms. The van der Waals surface area contributed by atoms with Crippen molar-refractivity contribution in [3.63, 3.8) is 0 Å². The van der Waals surface area contributed by atoms with Gasteiger partial charge < -0.3 is 20.9 Å². The zero-order valence-corrected chi connectivity index (χ0v) is 9.93. The molecule has 98 valence electrons. The average molecular weight is 246 g/mol. The topological polar surface area (TPSA) is 119 Å². The van der Waals surface area contributed by atoms with Gasteiger partial charge in [-0.1, -0.05) is 6.92 Å². The van der Waals surface area contributed by atoms with E-state index in [1.807, 2.05) is 0 Å². The van der Waals surface area contributed by atoms with E-state index in [0.717, 1.165) is 7.11 Å². The van der Waals surface area contributed by atoms with E-state index in [1.54, 1.807) is 6.92 Å². The maximum Gasteiger partial charge on any atom is 0.326 e. The summed E-state index contributed by atoms with van der Waals surface area (Å²) >= 11 is 0. The first-order chi connectivity index (χ1) is 7.90. The van der Waals surface area contributed by atoms with Crippen LogP contribution < -0.4 is 11.1 Å². The molecule has 1 amide bonds. The highest BCUT2D eigenvalue weighted by Crippen LogP contribution is 2.01. The van der Waals surface area contributed by atoms with Crippen molar-refractivity contribution in [1.29, 1.82) is 0 Å². The molecule has 0 aliphatic heterocycles. The number of ether oxygens (including phenoxy) is 1. The van der Waals surface area contributed by atoms with Crippen molar-refractivity contribution in [2.75, 3.05) is 13.7 Å². The Bertz CT molecular complexity index is 292. The minimum absolute atomic E-state index is 0.0393. The van der Waals surface area contributed by atoms with E-state index in [-0.39, 0.29) is 12.3 Å². The van der Waals surface area contributed by atoms with Gasteiger partial charge in [-0.2, -0.15) is 0 Å². The fourth-order valence-electron chi connectivity index (χ4n) is 1.10. The van der Waals surface area contributed by atoms with Crippen molar-refractivity contribution in [3.8, 4) is 0 Å². The third kappa shape index (κ3) is 6.52. The minimum atomic E-state index is -1.27. The summed E-state index contributed by atoms with van der Waals surface area (Å²) in [5, 5.41) is 11.1. The normalized spacial score (nSPS) is 13.6. The molecule has 1 unspecified atom stereocenters. The van der Waals surface area contributed by atoms with Crippen LogP contribution in [0.5, 0.6) is 0 Å². The Hall–Kier alpha value is -1.63. The number of amides is 1. The van der Waals surface area contributed by atoms with E-state index in [1.165, 1.54) is 0 Å². The number of carboxylic acid groups (broad SMARTS) is 1. The quantitative estimate of drug-likeness (QED) is 0.501. The SMILES string of the molecule is COC(=O)C[C@H](NC(=O)CC(C)CN)C(=O)O. The molecule has 0 aliphatic carbocycles. The molecule has 0 radical (unpaired) electrons. The Morgan fingerprint density at radius 1 is 1.35 bits per heavy atom. The molecular weight excluding hydrogens is 228 g/mol. The molecule has 0 saturated heterocycles. The number of aliphatic carboxylic acids is 1. The van der Waals surface area contributed by atoms with E-state index >= 15 is 0 Å². The Balaban J connectivity index is 4.30. The van der Waals surface area contributed by atoms with Gasteiger partial charge in [0, 0.05) is 6.42 Å². The second-order valence-corrected chi connectivity index (χ2v) is 3.78. The summed E-state index contributed by atoms with van der Waals surface area (Å²) in [6.07, 6.45) is -0.268. The van der Waals surface area contributed by atoms with Crippen molar-refractivity contribution in [3.05, 3.63) is 0 Å². The number of hydrogen-bond acceptors (Lipinski definition) is 5. The molecule has 17 heavy (non-hydrogen) atoms. The van der Waals surface area contributed by atoms with Crippen LogP contribution >= 0.6 is 0 Å². The highest BCUT2D eigenvalue weighted by molar-refractivity contribution is 5.87. The zero-order chi connectivity index (χ0) is 13.4. The Morgan fingerprint density at radius 3 is 2.35 bits per heavy atom. The maximum atomic E-state index is 11.4. The molecule has 7 heteroatoms. The van der Waals surface area contributed by atoms with Gasteiger partial charge in [0.2, 0.25) is 5.91 Å². The first kappa shape index (κ1) is 15.4. The number of esters is 1. The molecule has 0 rings (SSSR count). The Morgan fingerprint density at radius 2 is 1.94 bits per heavy atom. The maximum absolute atomic E-state index is 11.4. The number of nitrogens with two attached hydrogens (primary N) is 1. The molecule has 2 atom stereocenters. The first-order valence-corrected chi connectivity index (χ1v) is 5.19. The number of hydrogen-bond donors (Lipinski definition) is 3. The van der Waals surface area contributed by atoms with Crippen LogP contribution in [0.1, 0.15) is 19.8 Å². The molecule has 0 aromatic heterocycles. The molecule has 0 aromatic carbocycles. The number of methoxy groups -OCH3 is 1. The molecular formula is C10H18N2O5. The first-order valence-electron chi connectivity index (χ1n) is 5.19. The summed E-state index contributed by atoms with van der Waals surface area (Å²) in [5.41, 5.74) is 5.34. The highest BCUT2D eigenvalue weighted by atomic mass is 16.5. The van der Waals surface area contributed by atoms with Crippen molar-refractivity contribution in [1.82, 2.24) is 5.32 Å². The average Bonchev–Trinajstić information content (AvgIpc) is 2.27. The van der Waals surface area contributed by atoms with Crippen LogP contribution in [0.2, 0.25) is 0 Å². The van der Waals surface area contributed by atoms with Crippen LogP contribution in [0.25, 0.3) is 0 Å². The third-order valence-electron chi connectivity index (χ3n) is 2.17. The number of rotatable bonds is 7. The van der Waals surface area contributed by atoms with Crippen LogP contribution in [0.3, 0.4) is 0 Å². The molecule has 0 fully saturated rings. The van der Waals surface area contributed by atoms with E-state index in [4.69, 9.17) is 10.8 Å². The summed E-state index contributed by atoms with van der Waals surface area (Å²) in [5.74, 6) is -2.45. The van der Waals surface area contributed by atoms with Gasteiger partial charge in [-0.25, -0.2) is 4.79 Å². The van der Waals surface area contributed by atoms with Crippen LogP contribution in [-0.4, -0.2) is 42.6 Å². The van der Waals surface area contributed by atoms with Gasteiger partial charge in [0.1, 0.15) is 6.04 Å². The zero-order valence-electron chi connectivity index (χ0n) is 9.93. The smallest absolute Gasteiger partial charge is 0.326 e. The monoisotopic (exact) mass is 246 g/mol. The van der Waals surface area contributed by atoms with Crippen molar-refractivity contribution < 1.29 is 24.2 Å². The van der Waals surface area contributed by atoms with Gasteiger partial charge in [-0.15, -0.1) is 0 Å². The second kappa shape index (κ2) is 7.61. The lowest BCUT2D eigenvalue weighted by Crippen LogP contribution is -2.43. The number of carbonyl (C=O) groups excluding carboxylic acids is 2. The fraction of sp³-hybridized carbons (Fsp3) is 0.700. The lowest BCUT2D eigenvalue weighted by molar-refractivity contribution is -0.148. The van der Waals surface area contributed by atoms with E-state index in [0.29, 0.717) is 6.54 Å². The molecule has 7 nitrogen and oxygen atoms in total. The summed E-state index contributed by atoms with van der Waals surface area (Å²) < 4.78 is 4.34. The molecule has 0 saturated carbocycles. The largest absolute Gasteiger partial charge is 0.480 e. The molecule has 0 aromatic rings. The number of nitrogens with one attached hydrogen (secondary N) is 1. The summed E-state index contributed by atoms with van der Waals surface area (Å²) in [4.78, 5) is 33.1. The van der Waals surface area contributed by atoms with E-state index in [9.17, 15) is 14.4 Å². The van der Waals surface area contributed by atoms with Crippen LogP contribution in [0.4, 0.5) is 0 Å². The van der Waals surface area contributed by atoms with Crippen LogP contribution in [0.15, 0.2) is 0 Å². The fourth-order valence-corrected chi connectivity index (χ4v) is 1.10. The third-order valence-corrected chi connectivity index (χ3v) is 2.17. The highest BCUT2D eigenvalue weighted by Gasteiger charge is 2.24. The van der Waals surface area contributed by atoms with Crippen LogP contribution in [0, 0.1) is 5.92 Å². The molecule has 0 heterocycles. The lowest BCUT2D eigenvalue weighted by Gasteiger charge is -2.14. The van der Waals surface area contributed by atoms with E-state index in [2.05, 4.69) is 10.1 Å². The summed E-state index contributed by atoms with van der Waals surface area (Å²) in [7, 11) is 1.15. The molecule has 0 aliphatic rings. The van der Waals surface area contributed by atoms with Crippen molar-refractivity contribution >= 4 is 17.8 Å². The van der Waals surface area contributed by atoms with Gasteiger partial charge in [-0.3, -0.25) is 9.59 Å². The second-order valence-electron chi connectivity index (χ2n) is 3.78. The minimum Gasteiger partial charge on any atom is -0.480 e. The summed E-state index contributed by atoms with van der Waals surface area (Å²) in [6.45, 7) is 2.11. The van der Waals surface area contributed by atoms with Gasteiger partial charge in [0.05, 0.1) is 13.5 Å². The molecule has 4 N–H and O–H groups in total. The van der Waals surface area contributed by atoms with E-state index < -0.39 is 30.3 Å². The van der Waals surface area contributed by atoms with Gasteiger partial charge in [0.25, 0.3) is 0 Å². The van der Waals surface area contributed by atoms with Gasteiger partial charge in [-0.05, 0) is 12.5 Å². The lowest BCUT2D eigenvalue weighted by atomic mass is 10.1. The number of carbonyl (C=O) groups is 3. The molecule has 0 bridgehead atoms. The summed E-state index contributed by atoms with van der Waals surface area (Å²) in [6, 6.07) is -1.26. The predicted molar refractivity (Wildman–Crippen MR) is 59.0 cm³/mol. The van der Waals surface area contributed by atoms with Gasteiger partial charge in [0.15, 0.2) is 0 Å². The van der Waals surface area contributed by atoms with Gasteiger partial charge >= 0.3 is 11.9 Å². The standard InChI is InChI=1S/C10H18N2O5/c1-6(5-11)3-8(13)12-7(10(15)16)4-9(14)17-2/h6-7H,3-5,11H2,1-2H3,(H,12,13)(H,15,16)/t6?,7-/m0/s1. The predicted octanol–water partition coefficient (Wildman–Crippen LogP) is -0.896. The van der Waals surface area contributed by atoms with Crippen LogP contribution in [-0.2, 0) is 19.1 Å². The Kier molecular flexibility index (Phi) is 6.88. The Labute approximate surface area is 99.3 Å². The van der Waals surface area contributed by atoms with Crippen molar-refractivity contribution in [2.24, 2.45) is 11.7 Å². The number of carboxylic acids is 1.